The van der Waals surface area contributed by atoms with Crippen LogP contribution in [0.5, 0.6) is 0 Å². The minimum absolute atomic E-state index is 0.0186. The second kappa shape index (κ2) is 7.84. The van der Waals surface area contributed by atoms with Gasteiger partial charge in [0.25, 0.3) is 0 Å². The molecule has 1 amide bonds. The molecule has 0 saturated carbocycles. The molecule has 0 unspecified atom stereocenters. The van der Waals surface area contributed by atoms with Crippen molar-refractivity contribution in [3.05, 3.63) is 42.2 Å². The molecule has 1 aromatic carbocycles. The molecule has 1 aromatic heterocycles. The Morgan fingerprint density at radius 2 is 2.09 bits per heavy atom. The van der Waals surface area contributed by atoms with E-state index in [1.54, 1.807) is 0 Å². The standard InChI is InChI=1S/C15H21N5OS/c1-11(2)8-13(12-6-4-3-5-7-12)18-14(21)9-22-15-19-17-10-20(15)16/h3-7,10-11,13H,8-9,16H2,1-2H3,(H,18,21)/t13-/m1/s1. The molecule has 0 aliphatic rings. The summed E-state index contributed by atoms with van der Waals surface area (Å²) in [5.74, 6) is 6.34. The van der Waals surface area contributed by atoms with Gasteiger partial charge in [0.15, 0.2) is 0 Å². The van der Waals surface area contributed by atoms with Crippen molar-refractivity contribution >= 4 is 17.7 Å². The maximum atomic E-state index is 12.2. The van der Waals surface area contributed by atoms with E-state index in [0.717, 1.165) is 12.0 Å². The third-order valence-corrected chi connectivity index (χ3v) is 4.07. The van der Waals surface area contributed by atoms with Crippen LogP contribution < -0.4 is 11.2 Å². The molecule has 0 fully saturated rings. The van der Waals surface area contributed by atoms with Gasteiger partial charge in [-0.25, -0.2) is 4.68 Å². The summed E-state index contributed by atoms with van der Waals surface area (Å²) < 4.78 is 1.31. The smallest absolute Gasteiger partial charge is 0.230 e. The number of amides is 1. The SMILES string of the molecule is CC(C)C[C@@H](NC(=O)CSc1nncn1N)c1ccccc1. The van der Waals surface area contributed by atoms with Crippen LogP contribution in [0.2, 0.25) is 0 Å². The van der Waals surface area contributed by atoms with Gasteiger partial charge in [-0.15, -0.1) is 10.2 Å². The van der Waals surface area contributed by atoms with Crippen molar-refractivity contribution in [3.8, 4) is 0 Å². The van der Waals surface area contributed by atoms with Crippen molar-refractivity contribution in [2.75, 3.05) is 11.6 Å². The highest BCUT2D eigenvalue weighted by molar-refractivity contribution is 7.99. The zero-order valence-corrected chi connectivity index (χ0v) is 13.6. The summed E-state index contributed by atoms with van der Waals surface area (Å²) in [6, 6.07) is 10.0. The Morgan fingerprint density at radius 3 is 2.68 bits per heavy atom. The predicted molar refractivity (Wildman–Crippen MR) is 87.7 cm³/mol. The number of benzene rings is 1. The maximum Gasteiger partial charge on any atom is 0.230 e. The quantitative estimate of drug-likeness (QED) is 0.602. The number of nitrogens with zero attached hydrogens (tertiary/aromatic N) is 3. The van der Waals surface area contributed by atoms with E-state index in [-0.39, 0.29) is 17.7 Å². The van der Waals surface area contributed by atoms with Crippen LogP contribution >= 0.6 is 11.8 Å². The number of rotatable bonds is 7. The van der Waals surface area contributed by atoms with E-state index in [1.807, 2.05) is 30.3 Å². The first-order valence-electron chi connectivity index (χ1n) is 7.18. The van der Waals surface area contributed by atoms with Crippen LogP contribution in [0.4, 0.5) is 0 Å². The molecular formula is C15H21N5OS. The lowest BCUT2D eigenvalue weighted by atomic mass is 9.97. The van der Waals surface area contributed by atoms with E-state index in [0.29, 0.717) is 11.1 Å². The first kappa shape index (κ1) is 16.4. The summed E-state index contributed by atoms with van der Waals surface area (Å²) in [6.07, 6.45) is 2.30. The zero-order chi connectivity index (χ0) is 15.9. The molecule has 1 atom stereocenters. The number of thioether (sulfide) groups is 1. The van der Waals surface area contributed by atoms with Gasteiger partial charge in [0.05, 0.1) is 11.8 Å². The van der Waals surface area contributed by atoms with Crippen LogP contribution in [0, 0.1) is 5.92 Å². The lowest BCUT2D eigenvalue weighted by molar-refractivity contribution is -0.119. The van der Waals surface area contributed by atoms with Crippen molar-refractivity contribution in [2.24, 2.45) is 5.92 Å². The molecule has 0 spiro atoms. The molecule has 0 aliphatic carbocycles. The van der Waals surface area contributed by atoms with Gasteiger partial charge in [-0.1, -0.05) is 55.9 Å². The number of nitrogen functional groups attached to an aromatic ring is 1. The average molecular weight is 319 g/mol. The number of hydrogen-bond acceptors (Lipinski definition) is 5. The molecule has 0 aliphatic heterocycles. The van der Waals surface area contributed by atoms with E-state index in [9.17, 15) is 4.79 Å². The lowest BCUT2D eigenvalue weighted by Gasteiger charge is -2.21. The highest BCUT2D eigenvalue weighted by Crippen LogP contribution is 2.21. The van der Waals surface area contributed by atoms with E-state index >= 15 is 0 Å². The molecule has 2 aromatic rings. The van der Waals surface area contributed by atoms with Crippen LogP contribution in [0.1, 0.15) is 31.9 Å². The lowest BCUT2D eigenvalue weighted by Crippen LogP contribution is -2.31. The Kier molecular flexibility index (Phi) is 5.83. The fraction of sp³-hybridized carbons (Fsp3) is 0.400. The molecule has 2 rings (SSSR count). The largest absolute Gasteiger partial charge is 0.349 e. The van der Waals surface area contributed by atoms with E-state index in [4.69, 9.17) is 5.84 Å². The highest BCUT2D eigenvalue weighted by Gasteiger charge is 2.16. The number of carbonyl (C=O) groups excluding carboxylic acids is 1. The molecule has 22 heavy (non-hydrogen) atoms. The Morgan fingerprint density at radius 1 is 1.36 bits per heavy atom. The van der Waals surface area contributed by atoms with Crippen LogP contribution in [0.25, 0.3) is 0 Å². The van der Waals surface area contributed by atoms with Gasteiger partial charge in [-0.2, -0.15) is 0 Å². The summed E-state index contributed by atoms with van der Waals surface area (Å²) in [7, 11) is 0. The average Bonchev–Trinajstić information content (AvgIpc) is 2.90. The molecule has 1 heterocycles. The van der Waals surface area contributed by atoms with Gasteiger partial charge in [-0.05, 0) is 17.9 Å². The van der Waals surface area contributed by atoms with E-state index < -0.39 is 0 Å². The predicted octanol–water partition coefficient (Wildman–Crippen LogP) is 1.99. The third-order valence-electron chi connectivity index (χ3n) is 3.12. The van der Waals surface area contributed by atoms with Gasteiger partial charge < -0.3 is 11.2 Å². The number of nitrogens with two attached hydrogens (primary N) is 1. The number of aromatic nitrogens is 3. The van der Waals surface area contributed by atoms with Crippen LogP contribution in [-0.2, 0) is 4.79 Å². The fourth-order valence-corrected chi connectivity index (χ4v) is 2.78. The van der Waals surface area contributed by atoms with Gasteiger partial charge in [0.2, 0.25) is 11.1 Å². The first-order chi connectivity index (χ1) is 10.6. The van der Waals surface area contributed by atoms with E-state index in [1.165, 1.54) is 22.8 Å². The van der Waals surface area contributed by atoms with Crippen molar-refractivity contribution in [1.29, 1.82) is 0 Å². The molecule has 7 heteroatoms. The third kappa shape index (κ3) is 4.77. The van der Waals surface area contributed by atoms with Crippen LogP contribution in [-0.4, -0.2) is 26.5 Å². The molecule has 0 radical (unpaired) electrons. The summed E-state index contributed by atoms with van der Waals surface area (Å²) in [5.41, 5.74) is 1.12. The molecule has 3 N–H and O–H groups in total. The molecule has 118 valence electrons. The van der Waals surface area contributed by atoms with Crippen molar-refractivity contribution in [1.82, 2.24) is 20.2 Å². The summed E-state index contributed by atoms with van der Waals surface area (Å²) in [6.45, 7) is 4.29. The van der Waals surface area contributed by atoms with Crippen molar-refractivity contribution < 1.29 is 4.79 Å². The molecule has 0 saturated heterocycles. The van der Waals surface area contributed by atoms with Gasteiger partial charge in [0.1, 0.15) is 6.33 Å². The van der Waals surface area contributed by atoms with Crippen molar-refractivity contribution in [3.63, 3.8) is 0 Å². The highest BCUT2D eigenvalue weighted by atomic mass is 32.2. The van der Waals surface area contributed by atoms with Gasteiger partial charge >= 0.3 is 0 Å². The molecule has 6 nitrogen and oxygen atoms in total. The van der Waals surface area contributed by atoms with Crippen LogP contribution in [0.3, 0.4) is 0 Å². The molecular weight excluding hydrogens is 298 g/mol. The minimum atomic E-state index is -0.0393. The minimum Gasteiger partial charge on any atom is -0.349 e. The van der Waals surface area contributed by atoms with E-state index in [2.05, 4.69) is 29.4 Å². The first-order valence-corrected chi connectivity index (χ1v) is 8.17. The number of hydrogen-bond donors (Lipinski definition) is 2. The second-order valence-corrected chi connectivity index (χ2v) is 6.41. The maximum absolute atomic E-state index is 12.2. The Labute approximate surface area is 134 Å². The number of nitrogens with one attached hydrogen (secondary N) is 1. The Bertz CT molecular complexity index is 599. The Hall–Kier alpha value is -2.02. The zero-order valence-electron chi connectivity index (χ0n) is 12.8. The summed E-state index contributed by atoms with van der Waals surface area (Å²) in [4.78, 5) is 12.2. The summed E-state index contributed by atoms with van der Waals surface area (Å²) >= 11 is 1.27. The fourth-order valence-electron chi connectivity index (χ4n) is 2.14. The van der Waals surface area contributed by atoms with Gasteiger partial charge in [0, 0.05) is 0 Å². The topological polar surface area (TPSA) is 85.8 Å². The number of carbonyl (C=O) groups is 1. The second-order valence-electron chi connectivity index (χ2n) is 5.47. The van der Waals surface area contributed by atoms with Crippen molar-refractivity contribution in [2.45, 2.75) is 31.5 Å². The van der Waals surface area contributed by atoms with Crippen LogP contribution in [0.15, 0.2) is 41.8 Å². The molecule has 0 bridgehead atoms. The monoisotopic (exact) mass is 319 g/mol. The normalized spacial score (nSPS) is 12.3. The van der Waals surface area contributed by atoms with Gasteiger partial charge in [-0.3, -0.25) is 4.79 Å². The Balaban J connectivity index is 1.95. The summed E-state index contributed by atoms with van der Waals surface area (Å²) in [5, 5.41) is 11.1.